The molecule has 0 aromatic carbocycles. The van der Waals surface area contributed by atoms with Crippen LogP contribution in [0, 0.1) is 19.8 Å². The highest BCUT2D eigenvalue weighted by molar-refractivity contribution is 7.10. The maximum Gasteiger partial charge on any atom is 0.190 e. The van der Waals surface area contributed by atoms with Crippen molar-refractivity contribution in [2.45, 2.75) is 39.2 Å². The Morgan fingerprint density at radius 1 is 1.32 bits per heavy atom. The van der Waals surface area contributed by atoms with E-state index in [0.717, 1.165) is 31.2 Å². The van der Waals surface area contributed by atoms with E-state index in [0.29, 0.717) is 12.0 Å². The van der Waals surface area contributed by atoms with Gasteiger partial charge in [-0.2, -0.15) is 5.10 Å². The molecule has 0 radical (unpaired) electrons. The molecule has 0 spiro atoms. The number of hydrogen-bond acceptors (Lipinski definition) is 4. The lowest BCUT2D eigenvalue weighted by Crippen LogP contribution is -2.45. The smallest absolute Gasteiger partial charge is 0.190 e. The summed E-state index contributed by atoms with van der Waals surface area (Å²) in [4.78, 5) is 8.40. The second-order valence-corrected chi connectivity index (χ2v) is 8.73. The zero-order valence-corrected chi connectivity index (χ0v) is 18.6. The van der Waals surface area contributed by atoms with E-state index in [4.69, 9.17) is 0 Å². The van der Waals surface area contributed by atoms with Crippen molar-refractivity contribution < 1.29 is 0 Å². The summed E-state index contributed by atoms with van der Waals surface area (Å²) in [5, 5.41) is 13.7. The predicted molar refractivity (Wildman–Crippen MR) is 118 cm³/mol. The van der Waals surface area contributed by atoms with E-state index in [-0.39, 0.29) is 0 Å². The van der Waals surface area contributed by atoms with Crippen molar-refractivity contribution in [3.63, 3.8) is 0 Å². The number of aliphatic imine (C=N–C) groups is 1. The number of hydrogen-bond donors (Lipinski definition) is 2. The highest BCUT2D eigenvalue weighted by Crippen LogP contribution is 2.36. The van der Waals surface area contributed by atoms with Crippen molar-refractivity contribution in [3.8, 4) is 0 Å². The van der Waals surface area contributed by atoms with Crippen molar-refractivity contribution in [1.82, 2.24) is 25.3 Å². The van der Waals surface area contributed by atoms with E-state index < -0.39 is 0 Å². The molecule has 2 aromatic rings. The van der Waals surface area contributed by atoms with E-state index in [1.807, 2.05) is 30.1 Å². The SMILES string of the molecule is CN=C(NCCc1c(C)nn(C)c1C)NCC1CCCN(C)C1c1cccs1. The monoisotopic (exact) mass is 402 g/mol. The molecule has 6 nitrogen and oxygen atoms in total. The van der Waals surface area contributed by atoms with Crippen LogP contribution in [0.1, 0.15) is 40.7 Å². The summed E-state index contributed by atoms with van der Waals surface area (Å²) in [5.41, 5.74) is 3.69. The molecule has 1 saturated heterocycles. The van der Waals surface area contributed by atoms with Crippen LogP contribution in [0.25, 0.3) is 0 Å². The fourth-order valence-electron chi connectivity index (χ4n) is 4.32. The van der Waals surface area contributed by atoms with Gasteiger partial charge >= 0.3 is 0 Å². The summed E-state index contributed by atoms with van der Waals surface area (Å²) in [6.45, 7) is 7.19. The lowest BCUT2D eigenvalue weighted by Gasteiger charge is -2.39. The minimum atomic E-state index is 0.500. The molecule has 2 aromatic heterocycles. The summed E-state index contributed by atoms with van der Waals surface area (Å²) < 4.78 is 1.96. The van der Waals surface area contributed by atoms with Gasteiger partial charge in [-0.1, -0.05) is 6.07 Å². The lowest BCUT2D eigenvalue weighted by molar-refractivity contribution is 0.125. The van der Waals surface area contributed by atoms with Gasteiger partial charge in [-0.15, -0.1) is 11.3 Å². The first kappa shape index (κ1) is 20.9. The van der Waals surface area contributed by atoms with Crippen molar-refractivity contribution in [1.29, 1.82) is 0 Å². The van der Waals surface area contributed by atoms with Crippen molar-refractivity contribution in [3.05, 3.63) is 39.3 Å². The van der Waals surface area contributed by atoms with Gasteiger partial charge in [0.15, 0.2) is 5.96 Å². The number of nitrogens with zero attached hydrogens (tertiary/aromatic N) is 4. The molecular formula is C21H34N6S. The van der Waals surface area contributed by atoms with E-state index >= 15 is 0 Å². The van der Waals surface area contributed by atoms with Crippen molar-refractivity contribution >= 4 is 17.3 Å². The molecule has 0 aliphatic carbocycles. The zero-order chi connectivity index (χ0) is 20.1. The number of aryl methyl sites for hydroxylation is 2. The predicted octanol–water partition coefficient (Wildman–Crippen LogP) is 2.89. The number of likely N-dealkylation sites (tertiary alicyclic amines) is 1. The van der Waals surface area contributed by atoms with Crippen LogP contribution in [-0.2, 0) is 13.5 Å². The molecule has 2 unspecified atom stereocenters. The summed E-state index contributed by atoms with van der Waals surface area (Å²) in [6.07, 6.45) is 3.47. The summed E-state index contributed by atoms with van der Waals surface area (Å²) >= 11 is 1.87. The molecule has 0 saturated carbocycles. The van der Waals surface area contributed by atoms with Gasteiger partial charge in [0.05, 0.1) is 5.69 Å². The molecule has 1 fully saturated rings. The van der Waals surface area contributed by atoms with Gasteiger partial charge in [0, 0.05) is 43.8 Å². The van der Waals surface area contributed by atoms with Gasteiger partial charge in [0.2, 0.25) is 0 Å². The van der Waals surface area contributed by atoms with Crippen LogP contribution in [0.5, 0.6) is 0 Å². The van der Waals surface area contributed by atoms with Crippen LogP contribution in [-0.4, -0.2) is 54.4 Å². The number of aromatic nitrogens is 2. The molecule has 0 bridgehead atoms. The number of guanidine groups is 1. The summed E-state index contributed by atoms with van der Waals surface area (Å²) in [7, 11) is 6.10. The minimum absolute atomic E-state index is 0.500. The average molecular weight is 403 g/mol. The highest BCUT2D eigenvalue weighted by Gasteiger charge is 2.31. The molecule has 3 rings (SSSR count). The third-order valence-corrected chi connectivity index (χ3v) is 6.87. The van der Waals surface area contributed by atoms with Crippen molar-refractivity contribution in [2.75, 3.05) is 33.7 Å². The largest absolute Gasteiger partial charge is 0.356 e. The van der Waals surface area contributed by atoms with Gasteiger partial charge in [0.1, 0.15) is 0 Å². The Balaban J connectivity index is 1.53. The van der Waals surface area contributed by atoms with Crippen LogP contribution in [0.2, 0.25) is 0 Å². The van der Waals surface area contributed by atoms with Crippen LogP contribution >= 0.6 is 11.3 Å². The summed E-state index contributed by atoms with van der Waals surface area (Å²) in [5.74, 6) is 1.48. The Morgan fingerprint density at radius 3 is 2.79 bits per heavy atom. The molecular weight excluding hydrogens is 368 g/mol. The molecule has 1 aliphatic rings. The first-order chi connectivity index (χ1) is 13.5. The Morgan fingerprint density at radius 2 is 2.14 bits per heavy atom. The van der Waals surface area contributed by atoms with Crippen LogP contribution in [0.3, 0.4) is 0 Å². The first-order valence-electron chi connectivity index (χ1n) is 10.2. The second kappa shape index (κ2) is 9.56. The van der Waals surface area contributed by atoms with E-state index in [1.165, 1.54) is 35.5 Å². The Kier molecular flexibility index (Phi) is 7.13. The van der Waals surface area contributed by atoms with Crippen molar-refractivity contribution in [2.24, 2.45) is 18.0 Å². The number of rotatable bonds is 6. The second-order valence-electron chi connectivity index (χ2n) is 7.75. The van der Waals surface area contributed by atoms with E-state index in [9.17, 15) is 0 Å². The fraction of sp³-hybridized carbons (Fsp3) is 0.619. The average Bonchev–Trinajstić information content (AvgIpc) is 3.28. The highest BCUT2D eigenvalue weighted by atomic mass is 32.1. The summed E-state index contributed by atoms with van der Waals surface area (Å²) in [6, 6.07) is 4.94. The van der Waals surface area contributed by atoms with Crippen LogP contribution in [0.4, 0.5) is 0 Å². The number of piperidine rings is 1. The third kappa shape index (κ3) is 4.75. The quantitative estimate of drug-likeness (QED) is 0.576. The Labute approximate surface area is 173 Å². The fourth-order valence-corrected chi connectivity index (χ4v) is 5.30. The molecule has 7 heteroatoms. The van der Waals surface area contributed by atoms with E-state index in [2.05, 4.69) is 64.0 Å². The molecule has 2 N–H and O–H groups in total. The molecule has 2 atom stereocenters. The molecule has 154 valence electrons. The minimum Gasteiger partial charge on any atom is -0.356 e. The first-order valence-corrected chi connectivity index (χ1v) is 11.1. The topological polar surface area (TPSA) is 57.5 Å². The van der Waals surface area contributed by atoms with Crippen LogP contribution < -0.4 is 10.6 Å². The molecule has 28 heavy (non-hydrogen) atoms. The maximum absolute atomic E-state index is 4.51. The lowest BCUT2D eigenvalue weighted by atomic mass is 9.88. The zero-order valence-electron chi connectivity index (χ0n) is 17.8. The normalized spacial score (nSPS) is 21.1. The maximum atomic E-state index is 4.51. The Bertz CT molecular complexity index is 779. The van der Waals surface area contributed by atoms with Gasteiger partial charge in [-0.25, -0.2) is 0 Å². The van der Waals surface area contributed by atoms with Gasteiger partial charge in [0.25, 0.3) is 0 Å². The number of nitrogens with one attached hydrogen (secondary N) is 2. The van der Waals surface area contributed by atoms with Gasteiger partial charge < -0.3 is 10.6 Å². The van der Waals surface area contributed by atoms with Gasteiger partial charge in [-0.3, -0.25) is 14.6 Å². The Hall–Kier alpha value is -1.86. The van der Waals surface area contributed by atoms with E-state index in [1.54, 1.807) is 0 Å². The standard InChI is InChI=1S/C21H34N6S/c1-15-18(16(2)27(5)25-15)10-11-23-21(22-3)24-14-17-8-6-12-26(4)20(17)19-9-7-13-28-19/h7,9,13,17,20H,6,8,10-12,14H2,1-5H3,(H2,22,23,24). The molecule has 0 amide bonds. The molecule has 3 heterocycles. The van der Waals surface area contributed by atoms with Crippen LogP contribution in [0.15, 0.2) is 22.5 Å². The van der Waals surface area contributed by atoms with Gasteiger partial charge in [-0.05, 0) is 69.6 Å². The number of thiophene rings is 1. The molecule has 1 aliphatic heterocycles. The third-order valence-electron chi connectivity index (χ3n) is 5.92.